The second-order valence-corrected chi connectivity index (χ2v) is 3.80. The summed E-state index contributed by atoms with van der Waals surface area (Å²) in [6.45, 7) is 0. The summed E-state index contributed by atoms with van der Waals surface area (Å²) in [6, 6.07) is 18.2. The van der Waals surface area contributed by atoms with Crippen molar-refractivity contribution in [1.29, 1.82) is 0 Å². The van der Waals surface area contributed by atoms with Gasteiger partial charge in [0, 0.05) is 16.6 Å². The van der Waals surface area contributed by atoms with E-state index >= 15 is 0 Å². The molecule has 0 saturated carbocycles. The number of rotatable bonds is 1. The molecule has 4 heteroatoms. The maximum absolute atomic E-state index is 10.1. The maximum Gasteiger partial charge on any atom is 0.269 e. The van der Waals surface area contributed by atoms with Crippen LogP contribution in [0.15, 0.2) is 65.1 Å². The summed E-state index contributed by atoms with van der Waals surface area (Å²) in [5.41, 5.74) is 0.114. The van der Waals surface area contributed by atoms with Crippen LogP contribution in [0.1, 0.15) is 0 Å². The summed E-state index contributed by atoms with van der Waals surface area (Å²) < 4.78 is 0.845. The van der Waals surface area contributed by atoms with E-state index in [0.717, 1.165) is 4.47 Å². The number of benzene rings is 2. The molecule has 82 valence electrons. The second kappa shape index (κ2) is 6.74. The van der Waals surface area contributed by atoms with E-state index in [1.54, 1.807) is 12.1 Å². The highest BCUT2D eigenvalue weighted by molar-refractivity contribution is 9.10. The Morgan fingerprint density at radius 2 is 1.25 bits per heavy atom. The summed E-state index contributed by atoms with van der Waals surface area (Å²) >= 11 is 3.17. The lowest BCUT2D eigenvalue weighted by Crippen LogP contribution is -1.85. The normalized spacial score (nSPS) is 8.81. The van der Waals surface area contributed by atoms with Crippen molar-refractivity contribution < 1.29 is 4.92 Å². The van der Waals surface area contributed by atoms with Crippen molar-refractivity contribution in [3.8, 4) is 0 Å². The Kier molecular flexibility index (Phi) is 5.22. The molecular formula is C12H10BrNO2. The zero-order valence-electron chi connectivity index (χ0n) is 8.42. The Morgan fingerprint density at radius 1 is 0.875 bits per heavy atom. The van der Waals surface area contributed by atoms with Crippen LogP contribution in [-0.4, -0.2) is 4.92 Å². The molecule has 3 nitrogen and oxygen atoms in total. The van der Waals surface area contributed by atoms with Gasteiger partial charge >= 0.3 is 0 Å². The van der Waals surface area contributed by atoms with Crippen molar-refractivity contribution in [2.75, 3.05) is 0 Å². The van der Waals surface area contributed by atoms with E-state index < -0.39 is 4.92 Å². The minimum absolute atomic E-state index is 0.114. The minimum atomic E-state index is -0.424. The molecule has 2 aromatic rings. The first-order valence-electron chi connectivity index (χ1n) is 4.60. The van der Waals surface area contributed by atoms with Crippen LogP contribution in [0.5, 0.6) is 0 Å². The van der Waals surface area contributed by atoms with E-state index in [1.807, 2.05) is 36.4 Å². The molecule has 0 bridgehead atoms. The molecule has 0 atom stereocenters. The van der Waals surface area contributed by atoms with E-state index in [-0.39, 0.29) is 5.69 Å². The van der Waals surface area contributed by atoms with Gasteiger partial charge in [-0.15, -0.1) is 0 Å². The van der Waals surface area contributed by atoms with Crippen molar-refractivity contribution in [3.63, 3.8) is 0 Å². The minimum Gasteiger partial charge on any atom is -0.258 e. The van der Waals surface area contributed by atoms with Gasteiger partial charge in [0.2, 0.25) is 0 Å². The van der Waals surface area contributed by atoms with Gasteiger partial charge in [0.15, 0.2) is 0 Å². The highest BCUT2D eigenvalue weighted by atomic mass is 79.9. The first kappa shape index (κ1) is 12.4. The summed E-state index contributed by atoms with van der Waals surface area (Å²) in [4.78, 5) is 9.68. The molecule has 0 aliphatic carbocycles. The molecule has 0 heterocycles. The van der Waals surface area contributed by atoms with Crippen LogP contribution in [-0.2, 0) is 0 Å². The zero-order valence-corrected chi connectivity index (χ0v) is 10.0. The van der Waals surface area contributed by atoms with Crippen molar-refractivity contribution in [2.45, 2.75) is 0 Å². The number of halogens is 1. The van der Waals surface area contributed by atoms with Crippen LogP contribution >= 0.6 is 15.9 Å². The number of hydrogen-bond donors (Lipinski definition) is 0. The molecular weight excluding hydrogens is 270 g/mol. The molecule has 0 fully saturated rings. The lowest BCUT2D eigenvalue weighted by atomic mass is 10.3. The molecule has 2 aromatic carbocycles. The second-order valence-electron chi connectivity index (χ2n) is 2.89. The predicted octanol–water partition coefficient (Wildman–Crippen LogP) is 4.04. The topological polar surface area (TPSA) is 43.1 Å². The highest BCUT2D eigenvalue weighted by Crippen LogP contribution is 2.15. The molecule has 0 spiro atoms. The fourth-order valence-corrected chi connectivity index (χ4v) is 1.21. The van der Waals surface area contributed by atoms with Crippen LogP contribution < -0.4 is 0 Å². The third kappa shape index (κ3) is 4.70. The fourth-order valence-electron chi connectivity index (χ4n) is 0.948. The van der Waals surface area contributed by atoms with Crippen LogP contribution in [0.3, 0.4) is 0 Å². The molecule has 0 amide bonds. The molecule has 0 radical (unpaired) electrons. The lowest BCUT2D eigenvalue weighted by molar-refractivity contribution is -0.384. The maximum atomic E-state index is 10.1. The summed E-state index contributed by atoms with van der Waals surface area (Å²) in [5, 5.41) is 10.1. The van der Waals surface area contributed by atoms with E-state index in [9.17, 15) is 10.1 Å². The third-order valence-electron chi connectivity index (χ3n) is 1.70. The van der Waals surface area contributed by atoms with E-state index in [2.05, 4.69) is 15.9 Å². The first-order valence-corrected chi connectivity index (χ1v) is 5.39. The molecule has 0 saturated heterocycles. The van der Waals surface area contributed by atoms with Gasteiger partial charge in [-0.3, -0.25) is 10.1 Å². The summed E-state index contributed by atoms with van der Waals surface area (Å²) in [6.07, 6.45) is 0. The van der Waals surface area contributed by atoms with Gasteiger partial charge in [-0.05, 0) is 12.1 Å². The average molecular weight is 280 g/mol. The Balaban J connectivity index is 0.000000181. The summed E-state index contributed by atoms with van der Waals surface area (Å²) in [7, 11) is 0. The quantitative estimate of drug-likeness (QED) is 0.584. The number of nitro benzene ring substituents is 1. The average Bonchev–Trinajstić information content (AvgIpc) is 2.32. The van der Waals surface area contributed by atoms with Gasteiger partial charge in [-0.2, -0.15) is 0 Å². The van der Waals surface area contributed by atoms with Gasteiger partial charge in [0.05, 0.1) is 4.92 Å². The molecule has 0 unspecified atom stereocenters. The molecule has 0 aromatic heterocycles. The highest BCUT2D eigenvalue weighted by Gasteiger charge is 2.01. The molecule has 2 rings (SSSR count). The fraction of sp³-hybridized carbons (Fsp3) is 0. The smallest absolute Gasteiger partial charge is 0.258 e. The Hall–Kier alpha value is -1.68. The van der Waals surface area contributed by atoms with Gasteiger partial charge in [-0.25, -0.2) is 0 Å². The van der Waals surface area contributed by atoms with Crippen LogP contribution in [0, 0.1) is 10.1 Å². The van der Waals surface area contributed by atoms with Crippen molar-refractivity contribution in [3.05, 3.63) is 75.3 Å². The predicted molar refractivity (Wildman–Crippen MR) is 67.2 cm³/mol. The molecule has 0 aliphatic rings. The van der Waals surface area contributed by atoms with Crippen LogP contribution in [0.2, 0.25) is 0 Å². The SMILES string of the molecule is O=[N+]([O-])c1ccc(Br)cc1.c1ccccc1. The number of nitro groups is 1. The van der Waals surface area contributed by atoms with E-state index in [0.29, 0.717) is 0 Å². The largest absolute Gasteiger partial charge is 0.269 e. The molecule has 0 N–H and O–H groups in total. The summed E-state index contributed by atoms with van der Waals surface area (Å²) in [5.74, 6) is 0. The number of nitrogens with zero attached hydrogens (tertiary/aromatic N) is 1. The lowest BCUT2D eigenvalue weighted by Gasteiger charge is -1.88. The number of hydrogen-bond acceptors (Lipinski definition) is 2. The number of non-ortho nitro benzene ring substituents is 1. The first-order chi connectivity index (χ1) is 7.70. The van der Waals surface area contributed by atoms with E-state index in [1.165, 1.54) is 12.1 Å². The monoisotopic (exact) mass is 279 g/mol. The Labute approximate surface area is 102 Å². The van der Waals surface area contributed by atoms with E-state index in [4.69, 9.17) is 0 Å². The molecule has 0 aliphatic heterocycles. The standard InChI is InChI=1S/C6H4BrNO2.C6H6/c7-5-1-3-6(4-2-5)8(9)10;1-2-4-6-5-3-1/h1-4H;1-6H. The van der Waals surface area contributed by atoms with Crippen LogP contribution in [0.25, 0.3) is 0 Å². The Bertz CT molecular complexity index is 402. The third-order valence-corrected chi connectivity index (χ3v) is 2.23. The molecule has 16 heavy (non-hydrogen) atoms. The van der Waals surface area contributed by atoms with Crippen LogP contribution in [0.4, 0.5) is 5.69 Å². The van der Waals surface area contributed by atoms with Crippen molar-refractivity contribution in [2.24, 2.45) is 0 Å². The zero-order chi connectivity index (χ0) is 11.8. The van der Waals surface area contributed by atoms with Gasteiger partial charge < -0.3 is 0 Å². The van der Waals surface area contributed by atoms with Gasteiger partial charge in [-0.1, -0.05) is 52.3 Å². The van der Waals surface area contributed by atoms with Gasteiger partial charge in [0.25, 0.3) is 5.69 Å². The van der Waals surface area contributed by atoms with Gasteiger partial charge in [0.1, 0.15) is 0 Å². The van der Waals surface area contributed by atoms with Crippen molar-refractivity contribution >= 4 is 21.6 Å². The van der Waals surface area contributed by atoms with Crippen molar-refractivity contribution in [1.82, 2.24) is 0 Å². The Morgan fingerprint density at radius 3 is 1.56 bits per heavy atom.